The van der Waals surface area contributed by atoms with E-state index in [4.69, 9.17) is 14.2 Å². The van der Waals surface area contributed by atoms with Gasteiger partial charge in [0.25, 0.3) is 5.91 Å². The number of carbonyl (C=O) groups is 1. The van der Waals surface area contributed by atoms with Gasteiger partial charge in [-0.1, -0.05) is 17.4 Å². The third kappa shape index (κ3) is 5.43. The van der Waals surface area contributed by atoms with Crippen LogP contribution in [-0.2, 0) is 4.74 Å². The monoisotopic (exact) mass is 473 g/mol. The number of amides is 1. The van der Waals surface area contributed by atoms with Crippen molar-refractivity contribution >= 4 is 32.6 Å². The molecule has 1 saturated heterocycles. The first-order valence-corrected chi connectivity index (χ1v) is 12.0. The summed E-state index contributed by atoms with van der Waals surface area (Å²) >= 11 is 1.31. The Hall–Kier alpha value is -2.75. The fourth-order valence-electron chi connectivity index (χ4n) is 3.71. The molecule has 7 nitrogen and oxygen atoms in total. The zero-order valence-corrected chi connectivity index (χ0v) is 19.7. The maximum Gasteiger partial charge on any atom is 0.260 e. The second-order valence-corrected chi connectivity index (χ2v) is 8.53. The number of aromatic nitrogens is 1. The molecule has 0 saturated carbocycles. The fraction of sp³-hybridized carbons (Fsp3) is 0.417. The van der Waals surface area contributed by atoms with Crippen LogP contribution in [0.25, 0.3) is 10.2 Å². The molecule has 0 atom stereocenters. The summed E-state index contributed by atoms with van der Waals surface area (Å²) < 4.78 is 31.8. The van der Waals surface area contributed by atoms with E-state index in [0.29, 0.717) is 66.4 Å². The largest absolute Gasteiger partial charge is 0.490 e. The van der Waals surface area contributed by atoms with Gasteiger partial charge in [-0.05, 0) is 44.2 Å². The molecule has 33 heavy (non-hydrogen) atoms. The second kappa shape index (κ2) is 10.9. The van der Waals surface area contributed by atoms with Crippen LogP contribution in [0.15, 0.2) is 36.4 Å². The average Bonchev–Trinajstić information content (AvgIpc) is 3.26. The number of carbonyl (C=O) groups excluding carboxylic acids is 1. The van der Waals surface area contributed by atoms with Crippen molar-refractivity contribution in [1.29, 1.82) is 0 Å². The van der Waals surface area contributed by atoms with E-state index >= 15 is 0 Å². The number of hydrogen-bond acceptors (Lipinski definition) is 7. The van der Waals surface area contributed by atoms with Gasteiger partial charge in [-0.3, -0.25) is 14.6 Å². The molecule has 0 radical (unpaired) electrons. The van der Waals surface area contributed by atoms with E-state index in [1.807, 2.05) is 19.9 Å². The number of anilines is 1. The topological polar surface area (TPSA) is 64.1 Å². The first-order valence-electron chi connectivity index (χ1n) is 11.2. The zero-order chi connectivity index (χ0) is 23.2. The van der Waals surface area contributed by atoms with Crippen molar-refractivity contribution < 1.29 is 23.4 Å². The summed E-state index contributed by atoms with van der Waals surface area (Å²) in [4.78, 5) is 22.0. The maximum absolute atomic E-state index is 14.3. The SMILES string of the molecule is CCOc1ccc(C(=O)N(CCN2CCOCC2)c2nc3c(F)cccc3s2)cc1OCC. The van der Waals surface area contributed by atoms with Gasteiger partial charge in [0, 0.05) is 31.7 Å². The van der Waals surface area contributed by atoms with Crippen LogP contribution in [0.2, 0.25) is 0 Å². The average molecular weight is 474 g/mol. The van der Waals surface area contributed by atoms with Crippen molar-refractivity contribution in [2.75, 3.05) is 57.5 Å². The minimum atomic E-state index is -0.393. The summed E-state index contributed by atoms with van der Waals surface area (Å²) in [5.41, 5.74) is 0.743. The minimum Gasteiger partial charge on any atom is -0.490 e. The molecule has 1 aliphatic rings. The molecule has 1 amide bonds. The number of para-hydroxylation sites is 1. The van der Waals surface area contributed by atoms with Crippen molar-refractivity contribution in [3.63, 3.8) is 0 Å². The normalized spacial score (nSPS) is 14.4. The smallest absolute Gasteiger partial charge is 0.260 e. The van der Waals surface area contributed by atoms with Crippen molar-refractivity contribution in [2.24, 2.45) is 0 Å². The van der Waals surface area contributed by atoms with Crippen molar-refractivity contribution in [1.82, 2.24) is 9.88 Å². The molecule has 1 aromatic heterocycles. The molecule has 1 fully saturated rings. The fourth-order valence-corrected chi connectivity index (χ4v) is 4.71. The van der Waals surface area contributed by atoms with Crippen LogP contribution in [0, 0.1) is 5.82 Å². The standard InChI is InChI=1S/C24H28FN3O4S/c1-3-31-19-9-8-17(16-20(19)32-4-2)23(29)28(11-10-27-12-14-30-15-13-27)24-26-22-18(25)6-5-7-21(22)33-24/h5-9,16H,3-4,10-15H2,1-2H3. The minimum absolute atomic E-state index is 0.216. The molecule has 0 unspecified atom stereocenters. The highest BCUT2D eigenvalue weighted by atomic mass is 32.1. The van der Waals surface area contributed by atoms with E-state index in [0.717, 1.165) is 13.1 Å². The first-order chi connectivity index (χ1) is 16.1. The van der Waals surface area contributed by atoms with Crippen LogP contribution in [0.1, 0.15) is 24.2 Å². The molecule has 0 N–H and O–H groups in total. The number of fused-ring (bicyclic) bond motifs is 1. The van der Waals surface area contributed by atoms with Gasteiger partial charge in [0.05, 0.1) is 31.1 Å². The van der Waals surface area contributed by atoms with Gasteiger partial charge < -0.3 is 14.2 Å². The van der Waals surface area contributed by atoms with Gasteiger partial charge in [-0.2, -0.15) is 0 Å². The van der Waals surface area contributed by atoms with Crippen molar-refractivity contribution in [3.8, 4) is 11.5 Å². The molecule has 176 valence electrons. The van der Waals surface area contributed by atoms with Crippen molar-refractivity contribution in [2.45, 2.75) is 13.8 Å². The number of morpholine rings is 1. The predicted molar refractivity (Wildman–Crippen MR) is 127 cm³/mol. The third-order valence-electron chi connectivity index (χ3n) is 5.37. The van der Waals surface area contributed by atoms with Gasteiger partial charge in [0.15, 0.2) is 16.6 Å². The lowest BCUT2D eigenvalue weighted by Gasteiger charge is -2.29. The number of rotatable bonds is 9. The van der Waals surface area contributed by atoms with E-state index in [1.54, 1.807) is 29.2 Å². The molecule has 1 aliphatic heterocycles. The summed E-state index contributed by atoms with van der Waals surface area (Å²) in [5, 5.41) is 0.472. The van der Waals surface area contributed by atoms with Gasteiger partial charge in [-0.15, -0.1) is 0 Å². The van der Waals surface area contributed by atoms with Gasteiger partial charge >= 0.3 is 0 Å². The Morgan fingerprint density at radius 3 is 2.64 bits per heavy atom. The van der Waals surface area contributed by atoms with Gasteiger partial charge in [0.1, 0.15) is 11.3 Å². The molecule has 2 heterocycles. The lowest BCUT2D eigenvalue weighted by Crippen LogP contribution is -2.43. The van der Waals surface area contributed by atoms with E-state index in [1.165, 1.54) is 17.4 Å². The second-order valence-electron chi connectivity index (χ2n) is 7.52. The van der Waals surface area contributed by atoms with Crippen molar-refractivity contribution in [3.05, 3.63) is 47.8 Å². The Bertz CT molecular complexity index is 1100. The highest BCUT2D eigenvalue weighted by Crippen LogP contribution is 2.33. The van der Waals surface area contributed by atoms with Gasteiger partial charge in [-0.25, -0.2) is 9.37 Å². The highest BCUT2D eigenvalue weighted by molar-refractivity contribution is 7.22. The Morgan fingerprint density at radius 2 is 1.91 bits per heavy atom. The maximum atomic E-state index is 14.3. The van der Waals surface area contributed by atoms with Crippen LogP contribution < -0.4 is 14.4 Å². The lowest BCUT2D eigenvalue weighted by molar-refractivity contribution is 0.0391. The van der Waals surface area contributed by atoms with E-state index in [-0.39, 0.29) is 11.4 Å². The molecule has 9 heteroatoms. The molecular formula is C24H28FN3O4S. The molecule has 2 aromatic carbocycles. The molecule has 0 aliphatic carbocycles. The predicted octanol–water partition coefficient (Wildman–Crippen LogP) is 4.21. The molecule has 4 rings (SSSR count). The molecule has 0 spiro atoms. The quantitative estimate of drug-likeness (QED) is 0.464. The number of ether oxygens (including phenoxy) is 3. The molecular weight excluding hydrogens is 445 g/mol. The van der Waals surface area contributed by atoms with E-state index < -0.39 is 5.82 Å². The number of hydrogen-bond donors (Lipinski definition) is 0. The van der Waals surface area contributed by atoms with E-state index in [2.05, 4.69) is 9.88 Å². The molecule has 0 bridgehead atoms. The number of nitrogens with zero attached hydrogens (tertiary/aromatic N) is 3. The summed E-state index contributed by atoms with van der Waals surface area (Å²) in [5.74, 6) is 0.508. The summed E-state index contributed by atoms with van der Waals surface area (Å²) in [7, 11) is 0. The van der Waals surface area contributed by atoms with Crippen LogP contribution in [0.4, 0.5) is 9.52 Å². The summed E-state index contributed by atoms with van der Waals surface area (Å²) in [6.45, 7) is 8.81. The Balaban J connectivity index is 1.66. The third-order valence-corrected chi connectivity index (χ3v) is 6.41. The number of halogens is 1. The Morgan fingerprint density at radius 1 is 1.15 bits per heavy atom. The number of benzene rings is 2. The Labute approximate surface area is 196 Å². The van der Waals surface area contributed by atoms with Crippen LogP contribution in [0.5, 0.6) is 11.5 Å². The van der Waals surface area contributed by atoms with Gasteiger partial charge in [0.2, 0.25) is 0 Å². The van der Waals surface area contributed by atoms with Crippen LogP contribution in [-0.4, -0.2) is 68.4 Å². The Kier molecular flexibility index (Phi) is 7.74. The first kappa shape index (κ1) is 23.4. The number of thiazole rings is 1. The zero-order valence-electron chi connectivity index (χ0n) is 18.9. The molecule has 3 aromatic rings. The van der Waals surface area contributed by atoms with Crippen LogP contribution in [0.3, 0.4) is 0 Å². The summed E-state index contributed by atoms with van der Waals surface area (Å²) in [6.07, 6.45) is 0. The summed E-state index contributed by atoms with van der Waals surface area (Å²) in [6, 6.07) is 10.0. The van der Waals surface area contributed by atoms with E-state index in [9.17, 15) is 9.18 Å². The lowest BCUT2D eigenvalue weighted by atomic mass is 10.1. The van der Waals surface area contributed by atoms with Crippen LogP contribution >= 0.6 is 11.3 Å². The highest BCUT2D eigenvalue weighted by Gasteiger charge is 2.24.